The minimum absolute atomic E-state index is 0.282. The Morgan fingerprint density at radius 3 is 2.68 bits per heavy atom. The molecule has 34 heavy (non-hydrogen) atoms. The van der Waals surface area contributed by atoms with Crippen LogP contribution in [0.1, 0.15) is 58.0 Å². The van der Waals surface area contributed by atoms with Gasteiger partial charge in [0, 0.05) is 22.0 Å². The third-order valence-electron chi connectivity index (χ3n) is 5.86. The first-order valence-electron chi connectivity index (χ1n) is 11.3. The molecule has 0 spiro atoms. The lowest BCUT2D eigenvalue weighted by Gasteiger charge is -2.14. The van der Waals surface area contributed by atoms with Crippen LogP contribution in [0.3, 0.4) is 0 Å². The number of hydrogen-bond acceptors (Lipinski definition) is 7. The summed E-state index contributed by atoms with van der Waals surface area (Å²) in [7, 11) is 0. The third kappa shape index (κ3) is 4.19. The van der Waals surface area contributed by atoms with E-state index in [4.69, 9.17) is 15.5 Å². The van der Waals surface area contributed by atoms with Crippen LogP contribution in [-0.4, -0.2) is 23.0 Å². The highest BCUT2D eigenvalue weighted by Gasteiger charge is 2.26. The van der Waals surface area contributed by atoms with Crippen molar-refractivity contribution in [1.29, 1.82) is 0 Å². The number of amides is 1. The first kappa shape index (κ1) is 22.6. The van der Waals surface area contributed by atoms with Gasteiger partial charge in [-0.2, -0.15) is 0 Å². The lowest BCUT2D eigenvalue weighted by molar-refractivity contribution is 0.0380. The number of carbonyl (C=O) groups is 2. The van der Waals surface area contributed by atoms with Gasteiger partial charge in [-0.05, 0) is 56.7 Å². The van der Waals surface area contributed by atoms with Gasteiger partial charge in [0.2, 0.25) is 0 Å². The Kier molecular flexibility index (Phi) is 6.10. The van der Waals surface area contributed by atoms with Gasteiger partial charge in [-0.25, -0.2) is 9.78 Å². The molecule has 4 aromatic rings. The van der Waals surface area contributed by atoms with Crippen LogP contribution in [0.4, 0.5) is 10.7 Å². The standard InChI is InChI=1S/C26H25N3O3S2/c1-14(2)32-26(31)20-18(15-8-4-3-5-9-15)13-33-25(20)29-23(30)22-21(27)17-12-16-10-6-7-11-19(16)28-24(17)34-22/h3-5,8-9,12-14H,6-7,10-11,27H2,1-2H3,(H,29,30). The molecular formula is C26H25N3O3S2. The average Bonchev–Trinajstić information content (AvgIpc) is 3.39. The molecule has 0 atom stereocenters. The highest BCUT2D eigenvalue weighted by molar-refractivity contribution is 7.21. The molecule has 6 nitrogen and oxygen atoms in total. The summed E-state index contributed by atoms with van der Waals surface area (Å²) < 4.78 is 5.50. The van der Waals surface area contributed by atoms with Crippen LogP contribution < -0.4 is 11.1 Å². The zero-order valence-corrected chi connectivity index (χ0v) is 20.6. The van der Waals surface area contributed by atoms with E-state index in [1.165, 1.54) is 28.2 Å². The van der Waals surface area contributed by atoms with Crippen LogP contribution in [0.2, 0.25) is 0 Å². The quantitative estimate of drug-likeness (QED) is 0.319. The maximum Gasteiger partial charge on any atom is 0.342 e. The number of ether oxygens (including phenoxy) is 1. The number of hydrogen-bond donors (Lipinski definition) is 2. The van der Waals surface area contributed by atoms with Crippen LogP contribution in [0.25, 0.3) is 21.3 Å². The van der Waals surface area contributed by atoms with Gasteiger partial charge < -0.3 is 15.8 Å². The van der Waals surface area contributed by atoms with Gasteiger partial charge in [-0.3, -0.25) is 4.79 Å². The number of nitrogens with one attached hydrogen (secondary N) is 1. The van der Waals surface area contributed by atoms with Crippen molar-refractivity contribution in [3.05, 3.63) is 63.5 Å². The molecule has 0 fully saturated rings. The van der Waals surface area contributed by atoms with Crippen molar-refractivity contribution in [1.82, 2.24) is 4.98 Å². The molecule has 174 valence electrons. The fraction of sp³-hybridized carbons (Fsp3) is 0.269. The maximum absolute atomic E-state index is 13.3. The van der Waals surface area contributed by atoms with Gasteiger partial charge in [0.25, 0.3) is 5.91 Å². The lowest BCUT2D eigenvalue weighted by atomic mass is 9.95. The molecule has 0 unspecified atom stereocenters. The maximum atomic E-state index is 13.3. The van der Waals surface area contributed by atoms with Crippen LogP contribution in [-0.2, 0) is 17.6 Å². The fourth-order valence-electron chi connectivity index (χ4n) is 4.24. The molecular weight excluding hydrogens is 466 g/mol. The average molecular weight is 492 g/mol. The molecule has 0 bridgehead atoms. The van der Waals surface area contributed by atoms with E-state index in [9.17, 15) is 9.59 Å². The molecule has 0 aliphatic heterocycles. The number of thiophene rings is 2. The normalized spacial score (nSPS) is 13.1. The monoisotopic (exact) mass is 491 g/mol. The number of aryl methyl sites for hydroxylation is 2. The number of rotatable bonds is 5. The van der Waals surface area contributed by atoms with E-state index < -0.39 is 5.97 Å². The molecule has 0 saturated carbocycles. The summed E-state index contributed by atoms with van der Waals surface area (Å²) in [6, 6.07) is 11.7. The first-order valence-corrected chi connectivity index (χ1v) is 13.0. The second-order valence-corrected chi connectivity index (χ2v) is 10.5. The van der Waals surface area contributed by atoms with E-state index in [2.05, 4.69) is 11.4 Å². The number of nitrogens with zero attached hydrogens (tertiary/aromatic N) is 1. The first-order chi connectivity index (χ1) is 16.4. The summed E-state index contributed by atoms with van der Waals surface area (Å²) in [5.74, 6) is -0.817. The van der Waals surface area contributed by atoms with E-state index in [0.717, 1.165) is 52.7 Å². The molecule has 0 radical (unpaired) electrons. The van der Waals surface area contributed by atoms with E-state index in [1.54, 1.807) is 13.8 Å². The summed E-state index contributed by atoms with van der Waals surface area (Å²) in [6.45, 7) is 3.60. The topological polar surface area (TPSA) is 94.3 Å². The van der Waals surface area contributed by atoms with E-state index in [-0.39, 0.29) is 12.0 Å². The predicted octanol–water partition coefficient (Wildman–Crippen LogP) is 6.30. The smallest absolute Gasteiger partial charge is 0.342 e. The van der Waals surface area contributed by atoms with E-state index >= 15 is 0 Å². The molecule has 5 rings (SSSR count). The summed E-state index contributed by atoms with van der Waals surface area (Å²) >= 11 is 2.59. The van der Waals surface area contributed by atoms with Crippen LogP contribution >= 0.6 is 22.7 Å². The number of aromatic nitrogens is 1. The molecule has 3 heterocycles. The zero-order chi connectivity index (χ0) is 23.8. The molecule has 0 saturated heterocycles. The van der Waals surface area contributed by atoms with Crippen LogP contribution in [0.5, 0.6) is 0 Å². The van der Waals surface area contributed by atoms with E-state index in [1.807, 2.05) is 35.7 Å². The Labute approximate surface area is 205 Å². The van der Waals surface area contributed by atoms with Crippen molar-refractivity contribution in [2.45, 2.75) is 45.6 Å². The van der Waals surface area contributed by atoms with Gasteiger partial charge >= 0.3 is 5.97 Å². The molecule has 1 amide bonds. The van der Waals surface area contributed by atoms with Crippen molar-refractivity contribution in [3.8, 4) is 11.1 Å². The molecule has 3 N–H and O–H groups in total. The molecule has 1 aliphatic rings. The number of carbonyl (C=O) groups excluding carboxylic acids is 2. The second kappa shape index (κ2) is 9.19. The Hall–Kier alpha value is -3.23. The fourth-order valence-corrected chi connectivity index (χ4v) is 6.19. The van der Waals surface area contributed by atoms with Crippen molar-refractivity contribution in [2.24, 2.45) is 0 Å². The summed E-state index contributed by atoms with van der Waals surface area (Å²) in [4.78, 5) is 32.3. The number of nitrogen functional groups attached to an aromatic ring is 1. The number of esters is 1. The van der Waals surface area contributed by atoms with E-state index in [0.29, 0.717) is 21.1 Å². The summed E-state index contributed by atoms with van der Waals surface area (Å²) in [5.41, 5.74) is 11.1. The minimum atomic E-state index is -0.468. The number of fused-ring (bicyclic) bond motifs is 2. The molecule has 3 aromatic heterocycles. The zero-order valence-electron chi connectivity index (χ0n) is 19.0. The Morgan fingerprint density at radius 1 is 1.15 bits per heavy atom. The SMILES string of the molecule is CC(C)OC(=O)c1c(-c2ccccc2)csc1NC(=O)c1sc2nc3c(cc2c1N)CCCC3. The van der Waals surface area contributed by atoms with Gasteiger partial charge in [0.15, 0.2) is 0 Å². The summed E-state index contributed by atoms with van der Waals surface area (Å²) in [5, 5.41) is 6.06. The van der Waals surface area contributed by atoms with Gasteiger partial charge in [-0.1, -0.05) is 30.3 Å². The predicted molar refractivity (Wildman–Crippen MR) is 139 cm³/mol. The highest BCUT2D eigenvalue weighted by atomic mass is 32.1. The second-order valence-electron chi connectivity index (χ2n) is 8.63. The van der Waals surface area contributed by atoms with Crippen molar-refractivity contribution >= 4 is 55.5 Å². The third-order valence-corrected chi connectivity index (χ3v) is 7.86. The number of nitrogens with two attached hydrogens (primary N) is 1. The summed E-state index contributed by atoms with van der Waals surface area (Å²) in [6.07, 6.45) is 3.96. The Balaban J connectivity index is 1.51. The highest BCUT2D eigenvalue weighted by Crippen LogP contribution is 2.39. The van der Waals surface area contributed by atoms with Gasteiger partial charge in [0.1, 0.15) is 20.3 Å². The van der Waals surface area contributed by atoms with Crippen molar-refractivity contribution in [3.63, 3.8) is 0 Å². The van der Waals surface area contributed by atoms with Crippen molar-refractivity contribution < 1.29 is 14.3 Å². The van der Waals surface area contributed by atoms with Crippen LogP contribution in [0.15, 0.2) is 41.8 Å². The largest absolute Gasteiger partial charge is 0.459 e. The van der Waals surface area contributed by atoms with Crippen LogP contribution in [0, 0.1) is 0 Å². The number of benzene rings is 1. The van der Waals surface area contributed by atoms with Gasteiger partial charge in [0.05, 0.1) is 11.8 Å². The van der Waals surface area contributed by atoms with Crippen molar-refractivity contribution in [2.75, 3.05) is 11.1 Å². The van der Waals surface area contributed by atoms with Gasteiger partial charge in [-0.15, -0.1) is 22.7 Å². The number of pyridine rings is 1. The Morgan fingerprint density at radius 2 is 1.91 bits per heavy atom. The molecule has 8 heteroatoms. The lowest BCUT2D eigenvalue weighted by Crippen LogP contribution is -2.16. The Bertz CT molecular complexity index is 1390. The minimum Gasteiger partial charge on any atom is -0.459 e. The molecule has 1 aliphatic carbocycles. The number of anilines is 2. The molecule has 1 aromatic carbocycles.